The molecule has 0 spiro atoms. The van der Waals surface area contributed by atoms with Crippen LogP contribution in [0.2, 0.25) is 0 Å². The number of anilines is 1. The quantitative estimate of drug-likeness (QED) is 0.866. The minimum absolute atomic E-state index is 0.0353. The van der Waals surface area contributed by atoms with Gasteiger partial charge in [-0.25, -0.2) is 0 Å². The molecule has 0 aliphatic carbocycles. The van der Waals surface area contributed by atoms with Crippen LogP contribution in [0.25, 0.3) is 0 Å². The number of fused-ring (bicyclic) bond motifs is 1. The van der Waals surface area contributed by atoms with Crippen molar-refractivity contribution in [1.82, 2.24) is 0 Å². The van der Waals surface area contributed by atoms with Crippen molar-refractivity contribution >= 4 is 28.7 Å². The number of thiophene rings is 1. The zero-order valence-corrected chi connectivity index (χ0v) is 12.8. The normalized spacial score (nSPS) is 16.9. The van der Waals surface area contributed by atoms with E-state index in [4.69, 9.17) is 4.74 Å². The molecule has 0 saturated heterocycles. The molecular weight excluding hydrogens is 286 g/mol. The van der Waals surface area contributed by atoms with E-state index in [-0.39, 0.29) is 11.7 Å². The summed E-state index contributed by atoms with van der Waals surface area (Å²) < 4.78 is 5.49. The Morgan fingerprint density at radius 3 is 2.71 bits per heavy atom. The molecule has 3 rings (SSSR count). The second-order valence-electron chi connectivity index (χ2n) is 5.14. The van der Waals surface area contributed by atoms with Crippen molar-refractivity contribution in [3.63, 3.8) is 0 Å². The number of aryl methyl sites for hydroxylation is 2. The molecule has 0 fully saturated rings. The molecule has 2 aromatic rings. The molecule has 0 radical (unpaired) electrons. The molecule has 1 aromatic carbocycles. The van der Waals surface area contributed by atoms with E-state index < -0.39 is 6.10 Å². The van der Waals surface area contributed by atoms with Gasteiger partial charge in [0, 0.05) is 10.4 Å². The first-order chi connectivity index (χ1) is 9.95. The van der Waals surface area contributed by atoms with Crippen molar-refractivity contribution in [3.8, 4) is 5.75 Å². The SMILES string of the molecule is Cc1cc(C(=O)c2ccc3c(c2)NC(=O)C(C)O3)sc1C. The van der Waals surface area contributed by atoms with Crippen LogP contribution in [0.1, 0.15) is 32.6 Å². The molecule has 1 N–H and O–H groups in total. The fourth-order valence-corrected chi connectivity index (χ4v) is 3.17. The molecular formula is C16H15NO3S. The molecule has 1 amide bonds. The second-order valence-corrected chi connectivity index (χ2v) is 6.40. The highest BCUT2D eigenvalue weighted by atomic mass is 32.1. The number of hydrogen-bond donors (Lipinski definition) is 1. The summed E-state index contributed by atoms with van der Waals surface area (Å²) >= 11 is 1.49. The van der Waals surface area contributed by atoms with Gasteiger partial charge in [-0.2, -0.15) is 0 Å². The van der Waals surface area contributed by atoms with Crippen molar-refractivity contribution in [2.45, 2.75) is 26.9 Å². The first-order valence-electron chi connectivity index (χ1n) is 6.69. The van der Waals surface area contributed by atoms with Crippen LogP contribution in [-0.4, -0.2) is 17.8 Å². The summed E-state index contributed by atoms with van der Waals surface area (Å²) in [5, 5.41) is 2.76. The molecule has 4 nitrogen and oxygen atoms in total. The van der Waals surface area contributed by atoms with Crippen LogP contribution in [0, 0.1) is 13.8 Å². The highest BCUT2D eigenvalue weighted by Gasteiger charge is 2.24. The predicted molar refractivity (Wildman–Crippen MR) is 82.4 cm³/mol. The number of hydrogen-bond acceptors (Lipinski definition) is 4. The maximum Gasteiger partial charge on any atom is 0.265 e. The largest absolute Gasteiger partial charge is 0.479 e. The van der Waals surface area contributed by atoms with Crippen LogP contribution in [0.3, 0.4) is 0 Å². The Hall–Kier alpha value is -2.14. The summed E-state index contributed by atoms with van der Waals surface area (Å²) in [4.78, 5) is 26.0. The third-order valence-electron chi connectivity index (χ3n) is 3.56. The van der Waals surface area contributed by atoms with E-state index in [0.717, 1.165) is 10.4 Å². The lowest BCUT2D eigenvalue weighted by atomic mass is 10.1. The van der Waals surface area contributed by atoms with Crippen LogP contribution in [0.5, 0.6) is 5.75 Å². The van der Waals surface area contributed by atoms with Crippen molar-refractivity contribution in [1.29, 1.82) is 0 Å². The van der Waals surface area contributed by atoms with Gasteiger partial charge in [-0.15, -0.1) is 11.3 Å². The molecule has 21 heavy (non-hydrogen) atoms. The molecule has 2 heterocycles. The lowest BCUT2D eigenvalue weighted by Gasteiger charge is -2.23. The fraction of sp³-hybridized carbons (Fsp3) is 0.250. The van der Waals surface area contributed by atoms with Gasteiger partial charge in [-0.05, 0) is 50.6 Å². The van der Waals surface area contributed by atoms with Crippen LogP contribution in [0.4, 0.5) is 5.69 Å². The zero-order valence-electron chi connectivity index (χ0n) is 12.0. The number of carbonyl (C=O) groups is 2. The van der Waals surface area contributed by atoms with Gasteiger partial charge in [-0.1, -0.05) is 0 Å². The molecule has 1 aliphatic rings. The number of benzene rings is 1. The highest BCUT2D eigenvalue weighted by Crippen LogP contribution is 2.32. The van der Waals surface area contributed by atoms with Crippen molar-refractivity contribution < 1.29 is 14.3 Å². The van der Waals surface area contributed by atoms with Gasteiger partial charge < -0.3 is 10.1 Å². The maximum atomic E-state index is 12.5. The van der Waals surface area contributed by atoms with Gasteiger partial charge in [0.15, 0.2) is 6.10 Å². The highest BCUT2D eigenvalue weighted by molar-refractivity contribution is 7.14. The standard InChI is InChI=1S/C16H15NO3S/c1-8-6-14(21-10(8)3)15(18)11-4-5-13-12(7-11)17-16(19)9(2)20-13/h4-7,9H,1-3H3,(H,17,19). The van der Waals surface area contributed by atoms with Gasteiger partial charge >= 0.3 is 0 Å². The zero-order chi connectivity index (χ0) is 15.1. The van der Waals surface area contributed by atoms with Gasteiger partial charge in [0.25, 0.3) is 5.91 Å². The van der Waals surface area contributed by atoms with E-state index in [1.165, 1.54) is 11.3 Å². The first-order valence-corrected chi connectivity index (χ1v) is 7.50. The second kappa shape index (κ2) is 5.00. The number of nitrogens with one attached hydrogen (secondary N) is 1. The Labute approximate surface area is 126 Å². The summed E-state index contributed by atoms with van der Waals surface area (Å²) in [7, 11) is 0. The van der Waals surface area contributed by atoms with Gasteiger partial charge in [0.05, 0.1) is 10.6 Å². The van der Waals surface area contributed by atoms with E-state index in [1.54, 1.807) is 25.1 Å². The average Bonchev–Trinajstić information content (AvgIpc) is 2.79. The van der Waals surface area contributed by atoms with E-state index in [2.05, 4.69) is 5.32 Å². The molecule has 0 saturated carbocycles. The van der Waals surface area contributed by atoms with Crippen molar-refractivity contribution in [2.24, 2.45) is 0 Å². The molecule has 1 aromatic heterocycles. The maximum absolute atomic E-state index is 12.5. The van der Waals surface area contributed by atoms with E-state index in [9.17, 15) is 9.59 Å². The predicted octanol–water partition coefficient (Wildman–Crippen LogP) is 3.32. The number of amides is 1. The Kier molecular flexibility index (Phi) is 3.29. The first kappa shape index (κ1) is 13.8. The van der Waals surface area contributed by atoms with E-state index in [1.807, 2.05) is 19.9 Å². The van der Waals surface area contributed by atoms with E-state index >= 15 is 0 Å². The number of ether oxygens (including phenoxy) is 1. The van der Waals surface area contributed by atoms with Crippen LogP contribution >= 0.6 is 11.3 Å². The molecule has 1 unspecified atom stereocenters. The average molecular weight is 301 g/mol. The summed E-state index contributed by atoms with van der Waals surface area (Å²) in [5.74, 6) is 0.360. The van der Waals surface area contributed by atoms with Crippen LogP contribution in [-0.2, 0) is 4.79 Å². The lowest BCUT2D eigenvalue weighted by Crippen LogP contribution is -2.34. The Morgan fingerprint density at radius 1 is 1.29 bits per heavy atom. The molecule has 1 aliphatic heterocycles. The minimum Gasteiger partial charge on any atom is -0.479 e. The van der Waals surface area contributed by atoms with Gasteiger partial charge in [0.1, 0.15) is 5.75 Å². The number of rotatable bonds is 2. The molecule has 108 valence electrons. The topological polar surface area (TPSA) is 55.4 Å². The summed E-state index contributed by atoms with van der Waals surface area (Å²) in [6.07, 6.45) is -0.512. The Morgan fingerprint density at radius 2 is 2.05 bits per heavy atom. The van der Waals surface area contributed by atoms with Gasteiger partial charge in [0.2, 0.25) is 5.78 Å². The van der Waals surface area contributed by atoms with Crippen LogP contribution in [0.15, 0.2) is 24.3 Å². The Bertz CT molecular complexity index is 728. The van der Waals surface area contributed by atoms with Gasteiger partial charge in [-0.3, -0.25) is 9.59 Å². The molecule has 1 atom stereocenters. The number of ketones is 1. The van der Waals surface area contributed by atoms with E-state index in [0.29, 0.717) is 21.9 Å². The third-order valence-corrected chi connectivity index (χ3v) is 4.71. The van der Waals surface area contributed by atoms with Crippen LogP contribution < -0.4 is 10.1 Å². The summed E-state index contributed by atoms with van der Waals surface area (Å²) in [6, 6.07) is 7.03. The lowest BCUT2D eigenvalue weighted by molar-refractivity contribution is -0.122. The number of carbonyl (C=O) groups excluding carboxylic acids is 2. The smallest absolute Gasteiger partial charge is 0.265 e. The summed E-state index contributed by atoms with van der Waals surface area (Å²) in [6.45, 7) is 5.68. The fourth-order valence-electron chi connectivity index (χ4n) is 2.18. The molecule has 5 heteroatoms. The molecule has 0 bridgehead atoms. The monoisotopic (exact) mass is 301 g/mol. The summed E-state index contributed by atoms with van der Waals surface area (Å²) in [5.41, 5.74) is 2.22. The van der Waals surface area contributed by atoms with Crippen molar-refractivity contribution in [2.75, 3.05) is 5.32 Å². The Balaban J connectivity index is 1.95. The minimum atomic E-state index is -0.512. The van der Waals surface area contributed by atoms with Crippen molar-refractivity contribution in [3.05, 3.63) is 45.1 Å². The third kappa shape index (κ3) is 2.45.